The molecule has 0 radical (unpaired) electrons. The molecule has 5 heterocycles. The molecule has 240 valence electrons. The van der Waals surface area contributed by atoms with Gasteiger partial charge in [-0.1, -0.05) is 42.5 Å². The maximum absolute atomic E-state index is 12.4. The molecule has 0 atom stereocenters. The summed E-state index contributed by atoms with van der Waals surface area (Å²) in [4.78, 5) is 16.4. The monoisotopic (exact) mass is 652 g/mol. The summed E-state index contributed by atoms with van der Waals surface area (Å²) in [5.41, 5.74) is 5.30. The number of nitrogens with one attached hydrogen (secondary N) is 2. The van der Waals surface area contributed by atoms with E-state index in [1.165, 1.54) is 5.56 Å². The molecule has 3 aromatic heterocycles. The second-order valence-corrected chi connectivity index (χ2v) is 13.5. The first-order valence-electron chi connectivity index (χ1n) is 14.7. The van der Waals surface area contributed by atoms with Crippen molar-refractivity contribution in [3.63, 3.8) is 0 Å². The van der Waals surface area contributed by atoms with Crippen molar-refractivity contribution in [1.82, 2.24) is 34.0 Å². The molecule has 46 heavy (non-hydrogen) atoms. The van der Waals surface area contributed by atoms with E-state index in [4.69, 9.17) is 8.37 Å². The predicted octanol–water partition coefficient (Wildman–Crippen LogP) is 6.33. The first-order valence-corrected chi connectivity index (χ1v) is 16.3. The van der Waals surface area contributed by atoms with Crippen molar-refractivity contribution >= 4 is 28.1 Å². The Hall–Kier alpha value is -4.44. The Bertz CT molecular complexity index is 1840. The number of anilines is 1. The summed E-state index contributed by atoms with van der Waals surface area (Å²) in [5, 5.41) is 13.5. The van der Waals surface area contributed by atoms with E-state index < -0.39 is 29.5 Å². The molecule has 11 nitrogen and oxygen atoms in total. The van der Waals surface area contributed by atoms with E-state index in [9.17, 15) is 18.0 Å². The molecule has 0 aliphatic carbocycles. The van der Waals surface area contributed by atoms with Gasteiger partial charge in [-0.25, -0.2) is 27.0 Å². The van der Waals surface area contributed by atoms with E-state index in [2.05, 4.69) is 36.9 Å². The van der Waals surface area contributed by atoms with Crippen molar-refractivity contribution in [2.24, 2.45) is 0 Å². The molecule has 0 saturated carbocycles. The SMILES string of the molecule is O=C(NCC(F)(F)F)Nc1cccc(-c2cnc3cc(-c4cnn(C5CCN(S6(Cc7ccccc7)OCO6)CC5)c4)cnn23)c1. The zero-order chi connectivity index (χ0) is 31.7. The Balaban J connectivity index is 1.01. The highest BCUT2D eigenvalue weighted by Gasteiger charge is 2.39. The minimum atomic E-state index is -4.50. The number of hydrogen-bond donors (Lipinski definition) is 2. The lowest BCUT2D eigenvalue weighted by molar-refractivity contribution is -0.122. The number of carbonyl (C=O) groups is 1. The number of urea groups is 1. The van der Waals surface area contributed by atoms with E-state index >= 15 is 0 Å². The molecule has 2 N–H and O–H groups in total. The van der Waals surface area contributed by atoms with E-state index in [1.807, 2.05) is 41.3 Å². The average molecular weight is 653 g/mol. The second kappa shape index (κ2) is 12.4. The Morgan fingerprint density at radius 3 is 2.46 bits per heavy atom. The highest BCUT2D eigenvalue weighted by Crippen LogP contribution is 2.63. The van der Waals surface area contributed by atoms with Gasteiger partial charge in [-0.3, -0.25) is 4.68 Å². The Labute approximate surface area is 264 Å². The number of piperidine rings is 1. The van der Waals surface area contributed by atoms with Gasteiger partial charge in [-0.2, -0.15) is 23.4 Å². The molecule has 2 aliphatic rings. The summed E-state index contributed by atoms with van der Waals surface area (Å²) >= 11 is 0. The number of benzene rings is 2. The molecule has 2 saturated heterocycles. The Morgan fingerprint density at radius 2 is 1.72 bits per heavy atom. The maximum Gasteiger partial charge on any atom is 0.405 e. The first kappa shape index (κ1) is 30.2. The number of amides is 2. The van der Waals surface area contributed by atoms with Crippen LogP contribution < -0.4 is 10.6 Å². The van der Waals surface area contributed by atoms with E-state index in [0.29, 0.717) is 29.4 Å². The fourth-order valence-corrected chi connectivity index (χ4v) is 8.03. The summed E-state index contributed by atoms with van der Waals surface area (Å²) < 4.78 is 55.5. The lowest BCUT2D eigenvalue weighted by Crippen LogP contribution is -2.43. The van der Waals surface area contributed by atoms with Crippen molar-refractivity contribution < 1.29 is 26.3 Å². The molecule has 5 aromatic rings. The van der Waals surface area contributed by atoms with Gasteiger partial charge in [-0.15, -0.1) is 10.8 Å². The van der Waals surface area contributed by atoms with Crippen molar-refractivity contribution in [3.8, 4) is 22.4 Å². The van der Waals surface area contributed by atoms with Crippen LogP contribution in [0.15, 0.2) is 85.5 Å². The third kappa shape index (κ3) is 6.44. The topological polar surface area (TPSA) is 111 Å². The van der Waals surface area contributed by atoms with Gasteiger partial charge in [0, 0.05) is 41.7 Å². The smallest absolute Gasteiger partial charge is 0.329 e. The van der Waals surface area contributed by atoms with E-state index in [1.54, 1.807) is 46.5 Å². The van der Waals surface area contributed by atoms with E-state index in [-0.39, 0.29) is 6.04 Å². The third-order valence-corrected chi connectivity index (χ3v) is 10.8. The number of fused-ring (bicyclic) bond motifs is 1. The molecule has 2 fully saturated rings. The van der Waals surface area contributed by atoms with Gasteiger partial charge in [-0.05, 0) is 36.6 Å². The van der Waals surface area contributed by atoms with Gasteiger partial charge in [0.25, 0.3) is 0 Å². The third-order valence-electron chi connectivity index (χ3n) is 8.01. The van der Waals surface area contributed by atoms with Crippen LogP contribution in [0.1, 0.15) is 24.4 Å². The van der Waals surface area contributed by atoms with Crippen molar-refractivity contribution in [2.45, 2.75) is 30.8 Å². The van der Waals surface area contributed by atoms with Crippen LogP contribution in [0.5, 0.6) is 0 Å². The van der Waals surface area contributed by atoms with Gasteiger partial charge in [0.1, 0.15) is 6.54 Å². The summed E-state index contributed by atoms with van der Waals surface area (Å²) in [7, 11) is -1.72. The summed E-state index contributed by atoms with van der Waals surface area (Å²) in [6.07, 6.45) is 4.64. The van der Waals surface area contributed by atoms with Crippen LogP contribution in [-0.4, -0.2) is 67.3 Å². The lowest BCUT2D eigenvalue weighted by atomic mass is 10.1. The quantitative estimate of drug-likeness (QED) is 0.202. The van der Waals surface area contributed by atoms with Crippen LogP contribution in [0, 0.1) is 0 Å². The molecule has 15 heteroatoms. The predicted molar refractivity (Wildman–Crippen MR) is 167 cm³/mol. The largest absolute Gasteiger partial charge is 0.405 e. The number of halogens is 3. The highest BCUT2D eigenvalue weighted by molar-refractivity contribution is 8.23. The number of rotatable bonds is 8. The minimum absolute atomic E-state index is 0.254. The minimum Gasteiger partial charge on any atom is -0.329 e. The van der Waals surface area contributed by atoms with Gasteiger partial charge < -0.3 is 10.6 Å². The van der Waals surface area contributed by atoms with Gasteiger partial charge in [0.15, 0.2) is 12.4 Å². The number of aromatic nitrogens is 5. The number of imidazole rings is 1. The Morgan fingerprint density at radius 1 is 0.935 bits per heavy atom. The molecular weight excluding hydrogens is 621 g/mol. The van der Waals surface area contributed by atoms with Crippen molar-refractivity contribution in [2.75, 3.05) is 31.7 Å². The summed E-state index contributed by atoms with van der Waals surface area (Å²) in [6, 6.07) is 18.3. The lowest BCUT2D eigenvalue weighted by Gasteiger charge is -2.57. The summed E-state index contributed by atoms with van der Waals surface area (Å²) in [5.74, 6) is 0.764. The zero-order valence-corrected chi connectivity index (χ0v) is 25.4. The normalized spacial score (nSPS) is 17.8. The molecule has 2 aliphatic heterocycles. The molecule has 0 bridgehead atoms. The fraction of sp³-hybridized carbons (Fsp3) is 0.290. The van der Waals surface area contributed by atoms with Crippen LogP contribution in [0.4, 0.5) is 23.7 Å². The van der Waals surface area contributed by atoms with Crippen molar-refractivity contribution in [3.05, 3.63) is 91.0 Å². The van der Waals surface area contributed by atoms with Gasteiger partial charge in [0.05, 0.1) is 36.1 Å². The molecule has 2 amide bonds. The molecule has 7 rings (SSSR count). The number of alkyl halides is 3. The van der Waals surface area contributed by atoms with Crippen LogP contribution in [0.25, 0.3) is 28.0 Å². The molecular formula is C31H31F3N8O3S. The highest BCUT2D eigenvalue weighted by atomic mass is 32.3. The summed E-state index contributed by atoms with van der Waals surface area (Å²) in [6.45, 7) is 0.651. The molecule has 0 spiro atoms. The van der Waals surface area contributed by atoms with Crippen molar-refractivity contribution in [1.29, 1.82) is 0 Å². The Kier molecular flexibility index (Phi) is 8.15. The standard InChI is InChI=1S/C31H31F3N8O3S/c32-31(33,34)20-36-30(43)39-26-8-4-7-23(13-26)28-17-35-29-14-24(15-38-42(28)29)25-16-37-41(18-25)27-9-11-40(12-10-27)46(44-21-45-46)19-22-5-2-1-3-6-22/h1-8,13-18,27H,9-12,19-21H2,(H2,36,39,43). The average Bonchev–Trinajstić information content (AvgIpc) is 3.70. The van der Waals surface area contributed by atoms with Crippen LogP contribution in [-0.2, 0) is 14.1 Å². The zero-order valence-electron chi connectivity index (χ0n) is 24.6. The van der Waals surface area contributed by atoms with E-state index in [0.717, 1.165) is 42.8 Å². The van der Waals surface area contributed by atoms with Gasteiger partial charge >= 0.3 is 12.2 Å². The number of nitrogens with zero attached hydrogens (tertiary/aromatic N) is 6. The second-order valence-electron chi connectivity index (χ2n) is 11.1. The van der Waals surface area contributed by atoms with Crippen LogP contribution in [0.3, 0.4) is 0 Å². The van der Waals surface area contributed by atoms with Crippen LogP contribution >= 0.6 is 10.8 Å². The number of carbonyl (C=O) groups excluding carboxylic acids is 1. The maximum atomic E-state index is 12.4. The molecule has 0 unspecified atom stereocenters. The first-order chi connectivity index (χ1) is 22.2. The number of hydrogen-bond acceptors (Lipinski definition) is 7. The van der Waals surface area contributed by atoms with Crippen LogP contribution in [0.2, 0.25) is 0 Å². The fourth-order valence-electron chi connectivity index (χ4n) is 5.68. The van der Waals surface area contributed by atoms with Gasteiger partial charge in [0.2, 0.25) is 0 Å². The molecule has 2 aromatic carbocycles.